The van der Waals surface area contributed by atoms with Crippen LogP contribution in [0.25, 0.3) is 0 Å². The van der Waals surface area contributed by atoms with Gasteiger partial charge in [0.25, 0.3) is 5.69 Å². The first-order chi connectivity index (χ1) is 7.09. The molecule has 1 aliphatic rings. The molecule has 1 N–H and O–H groups in total. The summed E-state index contributed by atoms with van der Waals surface area (Å²) in [6, 6.07) is 5.37. The number of hydrogen-bond acceptors (Lipinski definition) is 3. The Bertz CT molecular complexity index is 411. The summed E-state index contributed by atoms with van der Waals surface area (Å²) < 4.78 is 0. The predicted molar refractivity (Wildman–Crippen MR) is 57.8 cm³/mol. The van der Waals surface area contributed by atoms with Crippen LogP contribution in [0.5, 0.6) is 0 Å². The van der Waals surface area contributed by atoms with Crippen molar-refractivity contribution in [1.82, 2.24) is 5.32 Å². The topological polar surface area (TPSA) is 55.2 Å². The van der Waals surface area contributed by atoms with Gasteiger partial charge in [-0.05, 0) is 38.4 Å². The van der Waals surface area contributed by atoms with Crippen molar-refractivity contribution in [3.63, 3.8) is 0 Å². The van der Waals surface area contributed by atoms with Crippen LogP contribution in [0.15, 0.2) is 18.2 Å². The van der Waals surface area contributed by atoms with Crippen LogP contribution in [-0.4, -0.2) is 12.0 Å². The molecule has 15 heavy (non-hydrogen) atoms. The van der Waals surface area contributed by atoms with Gasteiger partial charge < -0.3 is 5.32 Å². The molecule has 2 rings (SSSR count). The highest BCUT2D eigenvalue weighted by molar-refractivity contribution is 5.45. The maximum atomic E-state index is 10.7. The van der Waals surface area contributed by atoms with Crippen molar-refractivity contribution in [2.45, 2.75) is 25.3 Å². The minimum Gasteiger partial charge on any atom is -0.310 e. The van der Waals surface area contributed by atoms with Crippen LogP contribution in [0, 0.1) is 17.0 Å². The van der Waals surface area contributed by atoms with Crippen LogP contribution in [0.3, 0.4) is 0 Å². The third-order valence-corrected chi connectivity index (χ3v) is 3.17. The Morgan fingerprint density at radius 3 is 2.53 bits per heavy atom. The molecule has 1 aromatic rings. The lowest BCUT2D eigenvalue weighted by molar-refractivity contribution is -0.385. The molecule has 0 atom stereocenters. The second-order valence-corrected chi connectivity index (χ2v) is 4.09. The number of rotatable bonds is 3. The van der Waals surface area contributed by atoms with Crippen LogP contribution in [0.1, 0.15) is 24.0 Å². The average molecular weight is 206 g/mol. The van der Waals surface area contributed by atoms with Crippen LogP contribution in [0.2, 0.25) is 0 Å². The molecule has 0 unspecified atom stereocenters. The molecule has 0 spiro atoms. The lowest BCUT2D eigenvalue weighted by atomic mass is 10.0. The minimum absolute atomic E-state index is 0.0832. The Morgan fingerprint density at radius 1 is 1.47 bits per heavy atom. The standard InChI is InChI=1S/C11H14N2O2/c1-8-7-9(11(12-2)5-6-11)3-4-10(8)13(14)15/h3-4,7,12H,5-6H2,1-2H3. The van der Waals surface area contributed by atoms with Gasteiger partial charge in [0, 0.05) is 17.2 Å². The zero-order chi connectivity index (χ0) is 11.1. The molecule has 4 nitrogen and oxygen atoms in total. The largest absolute Gasteiger partial charge is 0.310 e. The maximum Gasteiger partial charge on any atom is 0.272 e. The highest BCUT2D eigenvalue weighted by Crippen LogP contribution is 2.45. The van der Waals surface area contributed by atoms with E-state index in [-0.39, 0.29) is 16.1 Å². The molecule has 0 saturated heterocycles. The van der Waals surface area contributed by atoms with E-state index in [1.807, 2.05) is 19.2 Å². The first-order valence-electron chi connectivity index (χ1n) is 5.03. The lowest BCUT2D eigenvalue weighted by Gasteiger charge is -2.14. The van der Waals surface area contributed by atoms with Crippen molar-refractivity contribution in [2.75, 3.05) is 7.05 Å². The number of benzene rings is 1. The normalized spacial score (nSPS) is 17.5. The van der Waals surface area contributed by atoms with Gasteiger partial charge >= 0.3 is 0 Å². The Hall–Kier alpha value is -1.42. The Kier molecular flexibility index (Phi) is 2.23. The molecule has 0 bridgehead atoms. The SMILES string of the molecule is CNC1(c2ccc([N+](=O)[O-])c(C)c2)CC1. The molecule has 1 aromatic carbocycles. The fourth-order valence-corrected chi connectivity index (χ4v) is 1.97. The zero-order valence-electron chi connectivity index (χ0n) is 8.91. The van der Waals surface area contributed by atoms with E-state index in [0.717, 1.165) is 24.0 Å². The molecule has 1 aliphatic carbocycles. The minimum atomic E-state index is -0.335. The quantitative estimate of drug-likeness (QED) is 0.608. The van der Waals surface area contributed by atoms with Crippen LogP contribution < -0.4 is 5.32 Å². The summed E-state index contributed by atoms with van der Waals surface area (Å²) in [5.74, 6) is 0. The first-order valence-corrected chi connectivity index (χ1v) is 5.03. The number of nitro benzene ring substituents is 1. The fourth-order valence-electron chi connectivity index (χ4n) is 1.97. The number of nitro groups is 1. The van der Waals surface area contributed by atoms with Gasteiger partial charge in [-0.2, -0.15) is 0 Å². The number of hydrogen-bond donors (Lipinski definition) is 1. The summed E-state index contributed by atoms with van der Waals surface area (Å²) >= 11 is 0. The van der Waals surface area contributed by atoms with E-state index in [4.69, 9.17) is 0 Å². The van der Waals surface area contributed by atoms with Crippen LogP contribution in [0.4, 0.5) is 5.69 Å². The van der Waals surface area contributed by atoms with Gasteiger partial charge in [0.15, 0.2) is 0 Å². The zero-order valence-corrected chi connectivity index (χ0v) is 8.91. The maximum absolute atomic E-state index is 10.7. The Labute approximate surface area is 88.5 Å². The van der Waals surface area contributed by atoms with Gasteiger partial charge in [0.1, 0.15) is 0 Å². The lowest BCUT2D eigenvalue weighted by Crippen LogP contribution is -2.24. The summed E-state index contributed by atoms with van der Waals surface area (Å²) in [4.78, 5) is 10.3. The van der Waals surface area contributed by atoms with Gasteiger partial charge in [0.2, 0.25) is 0 Å². The van der Waals surface area contributed by atoms with E-state index < -0.39 is 0 Å². The molecule has 0 aliphatic heterocycles. The highest BCUT2D eigenvalue weighted by atomic mass is 16.6. The van der Waals surface area contributed by atoms with Crippen LogP contribution in [-0.2, 0) is 5.54 Å². The molecular weight excluding hydrogens is 192 g/mol. The van der Waals surface area contributed by atoms with Gasteiger partial charge in [-0.3, -0.25) is 10.1 Å². The Balaban J connectivity index is 2.38. The predicted octanol–water partition coefficient (Wildman–Crippen LogP) is 2.11. The summed E-state index contributed by atoms with van der Waals surface area (Å²) in [6.07, 6.45) is 2.22. The van der Waals surface area contributed by atoms with Crippen molar-refractivity contribution < 1.29 is 4.92 Å². The third-order valence-electron chi connectivity index (χ3n) is 3.17. The van der Waals surface area contributed by atoms with Crippen molar-refractivity contribution in [3.8, 4) is 0 Å². The highest BCUT2D eigenvalue weighted by Gasteiger charge is 2.42. The molecule has 1 saturated carbocycles. The van der Waals surface area contributed by atoms with E-state index in [1.165, 1.54) is 0 Å². The van der Waals surface area contributed by atoms with E-state index in [2.05, 4.69) is 5.32 Å². The fraction of sp³-hybridized carbons (Fsp3) is 0.455. The Morgan fingerprint density at radius 2 is 2.13 bits per heavy atom. The van der Waals surface area contributed by atoms with Crippen molar-refractivity contribution in [3.05, 3.63) is 39.4 Å². The summed E-state index contributed by atoms with van der Waals surface area (Å²) in [6.45, 7) is 1.79. The molecular formula is C11H14N2O2. The molecule has 1 fully saturated rings. The molecule has 80 valence electrons. The first kappa shape index (κ1) is 10.1. The van der Waals surface area contributed by atoms with Crippen LogP contribution >= 0.6 is 0 Å². The monoisotopic (exact) mass is 206 g/mol. The third kappa shape index (κ3) is 1.61. The van der Waals surface area contributed by atoms with Gasteiger partial charge in [-0.25, -0.2) is 0 Å². The van der Waals surface area contributed by atoms with E-state index in [1.54, 1.807) is 13.0 Å². The summed E-state index contributed by atoms with van der Waals surface area (Å²) in [5, 5.41) is 13.9. The second-order valence-electron chi connectivity index (χ2n) is 4.09. The van der Waals surface area contributed by atoms with Gasteiger partial charge in [-0.1, -0.05) is 6.07 Å². The molecule has 4 heteroatoms. The van der Waals surface area contributed by atoms with Crippen molar-refractivity contribution in [2.24, 2.45) is 0 Å². The van der Waals surface area contributed by atoms with E-state index in [9.17, 15) is 10.1 Å². The molecule has 0 radical (unpaired) electrons. The second kappa shape index (κ2) is 3.31. The van der Waals surface area contributed by atoms with Crippen molar-refractivity contribution >= 4 is 5.69 Å². The number of nitrogens with zero attached hydrogens (tertiary/aromatic N) is 1. The van der Waals surface area contributed by atoms with Gasteiger partial charge in [0.05, 0.1) is 4.92 Å². The number of aryl methyl sites for hydroxylation is 1. The smallest absolute Gasteiger partial charge is 0.272 e. The summed E-state index contributed by atoms with van der Waals surface area (Å²) in [7, 11) is 1.93. The van der Waals surface area contributed by atoms with E-state index in [0.29, 0.717) is 0 Å². The van der Waals surface area contributed by atoms with Crippen molar-refractivity contribution in [1.29, 1.82) is 0 Å². The van der Waals surface area contributed by atoms with Gasteiger partial charge in [-0.15, -0.1) is 0 Å². The molecule has 0 amide bonds. The number of nitrogens with one attached hydrogen (secondary N) is 1. The van der Waals surface area contributed by atoms with E-state index >= 15 is 0 Å². The molecule has 0 heterocycles. The molecule has 0 aromatic heterocycles. The average Bonchev–Trinajstić information content (AvgIpc) is 2.97. The summed E-state index contributed by atoms with van der Waals surface area (Å²) in [5.41, 5.74) is 2.18.